The highest BCUT2D eigenvalue weighted by Gasteiger charge is 2.24. The molecule has 1 aromatic carbocycles. The molecule has 1 unspecified atom stereocenters. The fourth-order valence-corrected chi connectivity index (χ4v) is 4.33. The molecule has 0 amide bonds. The van der Waals surface area contributed by atoms with E-state index in [9.17, 15) is 8.42 Å². The monoisotopic (exact) mass is 418 g/mol. The van der Waals surface area contributed by atoms with Gasteiger partial charge >= 0.3 is 0 Å². The maximum Gasteiger partial charge on any atom is 0.240 e. The molecule has 1 atom stereocenters. The summed E-state index contributed by atoms with van der Waals surface area (Å²) in [5.41, 5.74) is 0.907. The predicted molar refractivity (Wildman–Crippen MR) is 99.7 cm³/mol. The third-order valence-electron chi connectivity index (χ3n) is 4.25. The van der Waals surface area contributed by atoms with Crippen LogP contribution in [0.5, 0.6) is 0 Å². The Morgan fingerprint density at radius 1 is 1.29 bits per heavy atom. The smallest absolute Gasteiger partial charge is 0.240 e. The first-order chi connectivity index (χ1) is 11.3. The van der Waals surface area contributed by atoms with Crippen molar-refractivity contribution in [2.45, 2.75) is 38.1 Å². The van der Waals surface area contributed by atoms with Crippen LogP contribution in [0.15, 0.2) is 27.6 Å². The Kier molecular flexibility index (Phi) is 7.24. The molecule has 5 nitrogen and oxygen atoms in total. The molecule has 7 heteroatoms. The van der Waals surface area contributed by atoms with Gasteiger partial charge in [0.25, 0.3) is 0 Å². The number of sulfonamides is 1. The van der Waals surface area contributed by atoms with Crippen LogP contribution in [0.3, 0.4) is 0 Å². The van der Waals surface area contributed by atoms with E-state index in [-0.39, 0.29) is 6.04 Å². The van der Waals surface area contributed by atoms with Gasteiger partial charge in [-0.1, -0.05) is 29.8 Å². The van der Waals surface area contributed by atoms with Gasteiger partial charge in [0.05, 0.1) is 18.1 Å². The van der Waals surface area contributed by atoms with Crippen LogP contribution >= 0.6 is 15.9 Å². The topological polar surface area (TPSA) is 58.6 Å². The molecule has 1 aromatic rings. The highest BCUT2D eigenvalue weighted by atomic mass is 79.9. The van der Waals surface area contributed by atoms with Crippen molar-refractivity contribution in [3.8, 4) is 0 Å². The fourth-order valence-electron chi connectivity index (χ4n) is 2.92. The molecule has 0 radical (unpaired) electrons. The van der Waals surface area contributed by atoms with E-state index in [1.165, 1.54) is 0 Å². The molecule has 1 aliphatic heterocycles. The minimum Gasteiger partial charge on any atom is -0.379 e. The minimum atomic E-state index is -3.50. The van der Waals surface area contributed by atoms with E-state index >= 15 is 0 Å². The molecule has 1 aliphatic rings. The minimum absolute atomic E-state index is 0.195. The molecule has 2 rings (SSSR count). The van der Waals surface area contributed by atoms with Gasteiger partial charge < -0.3 is 4.74 Å². The quantitative estimate of drug-likeness (QED) is 0.739. The summed E-state index contributed by atoms with van der Waals surface area (Å²) >= 11 is 3.40. The first-order valence-corrected chi connectivity index (χ1v) is 10.6. The van der Waals surface area contributed by atoms with Crippen LogP contribution < -0.4 is 4.72 Å². The number of morpholine rings is 1. The number of rotatable bonds is 7. The summed E-state index contributed by atoms with van der Waals surface area (Å²) in [6.45, 7) is 9.79. The Morgan fingerprint density at radius 3 is 2.54 bits per heavy atom. The highest BCUT2D eigenvalue weighted by molar-refractivity contribution is 9.10. The molecule has 0 saturated carbocycles. The maximum absolute atomic E-state index is 12.6. The second-order valence-corrected chi connectivity index (χ2v) is 9.32. The van der Waals surface area contributed by atoms with Crippen LogP contribution in [0, 0.1) is 12.8 Å². The van der Waals surface area contributed by atoms with Crippen LogP contribution in [0.2, 0.25) is 0 Å². The van der Waals surface area contributed by atoms with Crippen molar-refractivity contribution in [3.05, 3.63) is 28.2 Å². The summed E-state index contributed by atoms with van der Waals surface area (Å²) in [5.74, 6) is 0.511. The first-order valence-electron chi connectivity index (χ1n) is 8.37. The van der Waals surface area contributed by atoms with E-state index in [1.54, 1.807) is 18.2 Å². The average molecular weight is 419 g/mol. The van der Waals surface area contributed by atoms with Gasteiger partial charge in [-0.2, -0.15) is 0 Å². The fraction of sp³-hybridized carbons (Fsp3) is 0.647. The number of hydrogen-bond acceptors (Lipinski definition) is 4. The van der Waals surface area contributed by atoms with Crippen LogP contribution in [-0.2, 0) is 14.8 Å². The van der Waals surface area contributed by atoms with Crippen molar-refractivity contribution in [2.24, 2.45) is 5.92 Å². The van der Waals surface area contributed by atoms with E-state index in [0.717, 1.165) is 29.5 Å². The van der Waals surface area contributed by atoms with Gasteiger partial charge in [-0.25, -0.2) is 13.1 Å². The van der Waals surface area contributed by atoms with E-state index in [1.807, 2.05) is 6.92 Å². The number of nitrogens with one attached hydrogen (secondary N) is 1. The molecule has 0 aromatic heterocycles. The number of halogens is 1. The summed E-state index contributed by atoms with van der Waals surface area (Å²) in [5, 5.41) is 0. The Morgan fingerprint density at radius 2 is 1.96 bits per heavy atom. The lowest BCUT2D eigenvalue weighted by Gasteiger charge is -2.35. The van der Waals surface area contributed by atoms with Gasteiger partial charge in [0, 0.05) is 30.1 Å². The normalized spacial score (nSPS) is 18.0. The molecular weight excluding hydrogens is 392 g/mol. The van der Waals surface area contributed by atoms with Crippen molar-refractivity contribution in [2.75, 3.05) is 32.8 Å². The summed E-state index contributed by atoms with van der Waals surface area (Å²) in [4.78, 5) is 2.65. The van der Waals surface area contributed by atoms with Crippen molar-refractivity contribution in [1.82, 2.24) is 9.62 Å². The van der Waals surface area contributed by atoms with Crippen molar-refractivity contribution in [3.63, 3.8) is 0 Å². The molecule has 24 heavy (non-hydrogen) atoms. The van der Waals surface area contributed by atoms with Crippen molar-refractivity contribution in [1.29, 1.82) is 0 Å². The Bertz CT molecular complexity index is 643. The molecule has 0 bridgehead atoms. The third kappa shape index (κ3) is 5.52. The predicted octanol–water partition coefficient (Wildman–Crippen LogP) is 2.78. The summed E-state index contributed by atoms with van der Waals surface area (Å²) in [6, 6.07) is 5.29. The zero-order chi connectivity index (χ0) is 17.7. The van der Waals surface area contributed by atoms with Crippen molar-refractivity contribution >= 4 is 26.0 Å². The van der Waals surface area contributed by atoms with Crippen LogP contribution in [-0.4, -0.2) is 52.2 Å². The first kappa shape index (κ1) is 19.8. The summed E-state index contributed by atoms with van der Waals surface area (Å²) in [7, 11) is -3.50. The van der Waals surface area contributed by atoms with Gasteiger partial charge in [-0.15, -0.1) is 0 Å². The summed E-state index contributed by atoms with van der Waals surface area (Å²) in [6.07, 6.45) is 0.960. The molecule has 1 N–H and O–H groups in total. The molecule has 136 valence electrons. The van der Waals surface area contributed by atoms with Gasteiger partial charge in [-0.05, 0) is 43.0 Å². The molecule has 1 saturated heterocycles. The molecule has 1 fully saturated rings. The Labute approximate surface area is 153 Å². The molecular formula is C17H27BrN2O3S. The lowest BCUT2D eigenvalue weighted by Crippen LogP contribution is -2.49. The second-order valence-electron chi connectivity index (χ2n) is 6.69. The van der Waals surface area contributed by atoms with Gasteiger partial charge in [0.2, 0.25) is 10.0 Å². The van der Waals surface area contributed by atoms with E-state index < -0.39 is 10.0 Å². The number of ether oxygens (including phenoxy) is 1. The average Bonchev–Trinajstić information content (AvgIpc) is 2.54. The maximum atomic E-state index is 12.6. The highest BCUT2D eigenvalue weighted by Crippen LogP contribution is 2.20. The van der Waals surface area contributed by atoms with E-state index in [0.29, 0.717) is 30.6 Å². The van der Waals surface area contributed by atoms with Crippen LogP contribution in [0.1, 0.15) is 25.8 Å². The van der Waals surface area contributed by atoms with Crippen LogP contribution in [0.25, 0.3) is 0 Å². The number of benzene rings is 1. The van der Waals surface area contributed by atoms with Crippen molar-refractivity contribution < 1.29 is 13.2 Å². The number of aryl methyl sites for hydroxylation is 1. The van der Waals surface area contributed by atoms with Crippen LogP contribution in [0.4, 0.5) is 0 Å². The zero-order valence-corrected chi connectivity index (χ0v) is 17.0. The largest absolute Gasteiger partial charge is 0.379 e. The third-order valence-corrected chi connectivity index (χ3v) is 6.57. The Balaban J connectivity index is 2.07. The molecule has 1 heterocycles. The number of hydrogen-bond donors (Lipinski definition) is 1. The van der Waals surface area contributed by atoms with E-state index in [4.69, 9.17) is 4.74 Å². The second kappa shape index (κ2) is 8.76. The lowest BCUT2D eigenvalue weighted by molar-refractivity contribution is 0.0134. The van der Waals surface area contributed by atoms with E-state index in [2.05, 4.69) is 39.4 Å². The number of nitrogens with zero attached hydrogens (tertiary/aromatic N) is 1. The standard InChI is InChI=1S/C17H27BrN2O3S/c1-13(2)10-15(20-6-8-23-9-7-20)12-19-24(21,22)16-4-5-17(18)14(3)11-16/h4-5,11,13,15,19H,6-10,12H2,1-3H3. The Hall–Kier alpha value is -0.470. The van der Waals surface area contributed by atoms with Gasteiger partial charge in [0.15, 0.2) is 0 Å². The summed E-state index contributed by atoms with van der Waals surface area (Å²) < 4.78 is 34.3. The zero-order valence-electron chi connectivity index (χ0n) is 14.6. The molecule has 0 spiro atoms. The van der Waals surface area contributed by atoms with Gasteiger partial charge in [0.1, 0.15) is 0 Å². The molecule has 0 aliphatic carbocycles. The lowest BCUT2D eigenvalue weighted by atomic mass is 10.0. The van der Waals surface area contributed by atoms with Gasteiger partial charge in [-0.3, -0.25) is 4.90 Å². The SMILES string of the molecule is Cc1cc(S(=O)(=O)NCC(CC(C)C)N2CCOCC2)ccc1Br.